The maximum absolute atomic E-state index is 12.7. The fraction of sp³-hybridized carbons (Fsp3) is 0.853. The lowest BCUT2D eigenvalue weighted by Gasteiger charge is -2.40. The first kappa shape index (κ1) is 39.7. The first-order chi connectivity index (χ1) is 20.8. The van der Waals surface area contributed by atoms with Gasteiger partial charge in [-0.05, 0) is 38.5 Å². The molecule has 0 aromatic carbocycles. The number of carbonyl (C=O) groups is 1. The highest BCUT2D eigenvalue weighted by Crippen LogP contribution is 2.22. The Morgan fingerprint density at radius 2 is 1.35 bits per heavy atom. The zero-order valence-corrected chi connectivity index (χ0v) is 27.0. The Hall–Kier alpha value is -1.33. The van der Waals surface area contributed by atoms with Crippen molar-refractivity contribution >= 4 is 5.91 Å². The average Bonchev–Trinajstić information content (AvgIpc) is 3.00. The first-order valence-electron chi connectivity index (χ1n) is 17.1. The van der Waals surface area contributed by atoms with Crippen LogP contribution in [0.1, 0.15) is 129 Å². The second-order valence-corrected chi connectivity index (χ2v) is 12.0. The minimum Gasteiger partial charge on any atom is -0.394 e. The zero-order chi connectivity index (χ0) is 31.7. The van der Waals surface area contributed by atoms with Gasteiger partial charge in [0, 0.05) is 6.42 Å². The topological polar surface area (TPSA) is 149 Å². The third-order valence-electron chi connectivity index (χ3n) is 8.00. The quantitative estimate of drug-likeness (QED) is 0.0601. The Morgan fingerprint density at radius 1 is 0.767 bits per heavy atom. The van der Waals surface area contributed by atoms with Gasteiger partial charge in [0.1, 0.15) is 24.4 Å². The van der Waals surface area contributed by atoms with Crippen LogP contribution in [0.5, 0.6) is 0 Å². The molecule has 0 saturated carbocycles. The molecule has 1 aliphatic rings. The van der Waals surface area contributed by atoms with Gasteiger partial charge >= 0.3 is 0 Å². The SMILES string of the molecule is CCC/C=C/C(O)C(COC1OC(CO)C(O)C(O)C1O)NC(=O)CCCCCCCCC/C=C\CCCCCCCC. The first-order valence-corrected chi connectivity index (χ1v) is 17.1. The summed E-state index contributed by atoms with van der Waals surface area (Å²) in [4.78, 5) is 12.7. The number of hydrogen-bond acceptors (Lipinski definition) is 8. The molecule has 0 spiro atoms. The average molecular weight is 614 g/mol. The molecule has 0 aromatic heterocycles. The molecule has 7 unspecified atom stereocenters. The lowest BCUT2D eigenvalue weighted by Crippen LogP contribution is -2.60. The summed E-state index contributed by atoms with van der Waals surface area (Å²) in [6.45, 7) is 3.52. The smallest absolute Gasteiger partial charge is 0.220 e. The Morgan fingerprint density at radius 3 is 1.93 bits per heavy atom. The van der Waals surface area contributed by atoms with Crippen LogP contribution in [0.4, 0.5) is 0 Å². The summed E-state index contributed by atoms with van der Waals surface area (Å²) in [6, 6.07) is -0.798. The molecule has 252 valence electrons. The molecule has 0 aromatic rings. The van der Waals surface area contributed by atoms with Crippen LogP contribution in [0.25, 0.3) is 0 Å². The number of allylic oxidation sites excluding steroid dienone is 3. The van der Waals surface area contributed by atoms with Crippen molar-refractivity contribution in [3.8, 4) is 0 Å². The maximum atomic E-state index is 12.7. The summed E-state index contributed by atoms with van der Waals surface area (Å²) in [5, 5.41) is 53.1. The number of nitrogens with one attached hydrogen (secondary N) is 1. The molecular weight excluding hydrogens is 550 g/mol. The number of unbranched alkanes of at least 4 members (excludes halogenated alkanes) is 14. The van der Waals surface area contributed by atoms with Crippen LogP contribution in [0.2, 0.25) is 0 Å². The fourth-order valence-corrected chi connectivity index (χ4v) is 5.15. The van der Waals surface area contributed by atoms with Gasteiger partial charge in [-0.3, -0.25) is 4.79 Å². The molecule has 1 heterocycles. The van der Waals surface area contributed by atoms with Crippen molar-refractivity contribution in [3.63, 3.8) is 0 Å². The van der Waals surface area contributed by atoms with Gasteiger partial charge in [-0.1, -0.05) is 109 Å². The van der Waals surface area contributed by atoms with E-state index in [0.29, 0.717) is 6.42 Å². The second-order valence-electron chi connectivity index (χ2n) is 12.0. The van der Waals surface area contributed by atoms with Gasteiger partial charge in [-0.2, -0.15) is 0 Å². The summed E-state index contributed by atoms with van der Waals surface area (Å²) in [5.41, 5.74) is 0. The van der Waals surface area contributed by atoms with Crippen LogP contribution in [-0.4, -0.2) is 87.5 Å². The van der Waals surface area contributed by atoms with Crippen molar-refractivity contribution in [2.45, 2.75) is 172 Å². The largest absolute Gasteiger partial charge is 0.394 e. The molecule has 1 fully saturated rings. The Balaban J connectivity index is 2.28. The highest BCUT2D eigenvalue weighted by Gasteiger charge is 2.44. The summed E-state index contributed by atoms with van der Waals surface area (Å²) in [6.07, 6.45) is 20.2. The third-order valence-corrected chi connectivity index (χ3v) is 8.00. The number of ether oxygens (including phenoxy) is 2. The molecule has 1 saturated heterocycles. The molecule has 1 amide bonds. The van der Waals surface area contributed by atoms with Gasteiger partial charge < -0.3 is 40.3 Å². The summed E-state index contributed by atoms with van der Waals surface area (Å²) >= 11 is 0. The molecule has 43 heavy (non-hydrogen) atoms. The van der Waals surface area contributed by atoms with Crippen molar-refractivity contribution in [1.29, 1.82) is 0 Å². The summed E-state index contributed by atoms with van der Waals surface area (Å²) < 4.78 is 11.0. The van der Waals surface area contributed by atoms with Gasteiger partial charge in [-0.15, -0.1) is 0 Å². The van der Waals surface area contributed by atoms with Crippen molar-refractivity contribution < 1.29 is 39.8 Å². The number of hydrogen-bond donors (Lipinski definition) is 6. The predicted molar refractivity (Wildman–Crippen MR) is 170 cm³/mol. The lowest BCUT2D eigenvalue weighted by atomic mass is 9.99. The van der Waals surface area contributed by atoms with Crippen LogP contribution in [0, 0.1) is 0 Å². The maximum Gasteiger partial charge on any atom is 0.220 e. The summed E-state index contributed by atoms with van der Waals surface area (Å²) in [5.74, 6) is -0.196. The minimum absolute atomic E-state index is 0.194. The zero-order valence-electron chi connectivity index (χ0n) is 27.0. The molecule has 7 atom stereocenters. The van der Waals surface area contributed by atoms with E-state index < -0.39 is 49.5 Å². The van der Waals surface area contributed by atoms with Crippen LogP contribution in [-0.2, 0) is 14.3 Å². The van der Waals surface area contributed by atoms with Crippen molar-refractivity contribution in [1.82, 2.24) is 5.32 Å². The Kier molecular flexibility index (Phi) is 23.9. The van der Waals surface area contributed by atoms with Crippen molar-refractivity contribution in [2.75, 3.05) is 13.2 Å². The predicted octanol–water partition coefficient (Wildman–Crippen LogP) is 4.82. The van der Waals surface area contributed by atoms with Crippen molar-refractivity contribution in [3.05, 3.63) is 24.3 Å². The van der Waals surface area contributed by atoms with Crippen LogP contribution < -0.4 is 5.32 Å². The molecular formula is C34H63NO8. The number of aliphatic hydroxyl groups is 5. The van der Waals surface area contributed by atoms with Gasteiger partial charge in [0.2, 0.25) is 5.91 Å². The number of rotatable bonds is 26. The number of carbonyl (C=O) groups excluding carboxylic acids is 1. The molecule has 1 aliphatic heterocycles. The molecule has 0 aliphatic carbocycles. The standard InChI is InChI=1S/C34H63NO8/c1-3-5-7-8-9-10-11-12-13-14-15-16-17-18-19-20-22-24-30(38)35-27(28(37)23-21-6-4-2)26-42-34-33(41)32(40)31(39)29(25-36)43-34/h12-13,21,23,27-29,31-34,36-37,39-41H,3-11,14-20,22,24-26H2,1-2H3,(H,35,38)/b13-12-,23-21+. The van der Waals surface area contributed by atoms with Gasteiger partial charge in [0.05, 0.1) is 25.4 Å². The lowest BCUT2D eigenvalue weighted by molar-refractivity contribution is -0.302. The van der Waals surface area contributed by atoms with E-state index in [-0.39, 0.29) is 12.5 Å². The molecule has 9 heteroatoms. The van der Waals surface area contributed by atoms with E-state index in [2.05, 4.69) is 24.4 Å². The number of aliphatic hydroxyl groups excluding tert-OH is 5. The van der Waals surface area contributed by atoms with Crippen LogP contribution in [0.15, 0.2) is 24.3 Å². The highest BCUT2D eigenvalue weighted by molar-refractivity contribution is 5.76. The van der Waals surface area contributed by atoms with E-state index in [1.165, 1.54) is 70.6 Å². The second kappa shape index (κ2) is 25.9. The highest BCUT2D eigenvalue weighted by atomic mass is 16.7. The molecule has 1 rings (SSSR count). The van der Waals surface area contributed by atoms with Gasteiger partial charge in [0.25, 0.3) is 0 Å². The van der Waals surface area contributed by atoms with E-state index >= 15 is 0 Å². The minimum atomic E-state index is -1.56. The van der Waals surface area contributed by atoms with E-state index in [4.69, 9.17) is 9.47 Å². The Bertz CT molecular complexity index is 731. The van der Waals surface area contributed by atoms with Crippen LogP contribution in [0.3, 0.4) is 0 Å². The Labute approximate surface area is 260 Å². The van der Waals surface area contributed by atoms with E-state index in [1.54, 1.807) is 6.08 Å². The fourth-order valence-electron chi connectivity index (χ4n) is 5.15. The third kappa shape index (κ3) is 18.3. The molecule has 0 bridgehead atoms. The van der Waals surface area contributed by atoms with Crippen molar-refractivity contribution in [2.24, 2.45) is 0 Å². The van der Waals surface area contributed by atoms with E-state index in [0.717, 1.165) is 38.5 Å². The van der Waals surface area contributed by atoms with Gasteiger partial charge in [0.15, 0.2) is 6.29 Å². The molecule has 6 N–H and O–H groups in total. The molecule has 9 nitrogen and oxygen atoms in total. The molecule has 0 radical (unpaired) electrons. The summed E-state index contributed by atoms with van der Waals surface area (Å²) in [7, 11) is 0. The monoisotopic (exact) mass is 613 g/mol. The van der Waals surface area contributed by atoms with Crippen LogP contribution >= 0.6 is 0 Å². The number of amides is 1. The normalized spacial score (nSPS) is 24.1. The van der Waals surface area contributed by atoms with E-state index in [9.17, 15) is 30.3 Å². The van der Waals surface area contributed by atoms with E-state index in [1.807, 2.05) is 13.0 Å². The van der Waals surface area contributed by atoms with Gasteiger partial charge in [-0.25, -0.2) is 0 Å².